The molecule has 0 aliphatic heterocycles. The lowest BCUT2D eigenvalue weighted by Crippen LogP contribution is -2.25. The number of aromatic nitrogens is 2. The van der Waals surface area contributed by atoms with Crippen molar-refractivity contribution in [1.82, 2.24) is 14.7 Å². The molecule has 28 heavy (non-hydrogen) atoms. The fourth-order valence-corrected chi connectivity index (χ4v) is 3.16. The number of amides is 1. The van der Waals surface area contributed by atoms with Crippen LogP contribution in [-0.4, -0.2) is 48.5 Å². The molecule has 1 aromatic heterocycles. The van der Waals surface area contributed by atoms with Crippen LogP contribution in [0.2, 0.25) is 0 Å². The standard InChI is InChI=1S/C17H20N4O6S/c1-2-3-7-20-28(25,26)14-6-4-5-13(8-14)21-15(22)11-27-17-18-9-12(10-19-17)16(23)24/h4-6,8-10,20H,2-3,7,11H2,1H3,(H,21,22)(H,23,24). The van der Waals surface area contributed by atoms with Crippen LogP contribution in [0.5, 0.6) is 6.01 Å². The van der Waals surface area contributed by atoms with Crippen LogP contribution in [0.1, 0.15) is 30.1 Å². The molecule has 0 saturated heterocycles. The number of hydrogen-bond acceptors (Lipinski definition) is 7. The molecule has 0 aliphatic carbocycles. The Hall–Kier alpha value is -3.05. The molecule has 0 bridgehead atoms. The van der Waals surface area contributed by atoms with Gasteiger partial charge in [0.1, 0.15) is 0 Å². The topological polar surface area (TPSA) is 148 Å². The highest BCUT2D eigenvalue weighted by atomic mass is 32.2. The van der Waals surface area contributed by atoms with E-state index in [1.165, 1.54) is 18.2 Å². The van der Waals surface area contributed by atoms with Crippen molar-refractivity contribution >= 4 is 27.6 Å². The second-order valence-electron chi connectivity index (χ2n) is 5.68. The molecule has 0 spiro atoms. The molecule has 0 saturated carbocycles. The Morgan fingerprint density at radius 2 is 1.93 bits per heavy atom. The average molecular weight is 408 g/mol. The highest BCUT2D eigenvalue weighted by Crippen LogP contribution is 2.15. The molecule has 0 aliphatic rings. The minimum atomic E-state index is -3.66. The maximum atomic E-state index is 12.2. The van der Waals surface area contributed by atoms with E-state index in [-0.39, 0.29) is 22.2 Å². The minimum absolute atomic E-state index is 0.0370. The zero-order chi connectivity index (χ0) is 20.6. The molecule has 10 nitrogen and oxygen atoms in total. The first-order chi connectivity index (χ1) is 13.3. The van der Waals surface area contributed by atoms with Crippen LogP contribution in [0.4, 0.5) is 5.69 Å². The van der Waals surface area contributed by atoms with Crippen LogP contribution in [0.25, 0.3) is 0 Å². The molecule has 2 rings (SSSR count). The number of hydrogen-bond donors (Lipinski definition) is 3. The summed E-state index contributed by atoms with van der Waals surface area (Å²) in [5.74, 6) is -1.73. The molecule has 1 heterocycles. The molecular formula is C17H20N4O6S. The first kappa shape index (κ1) is 21.3. The van der Waals surface area contributed by atoms with Gasteiger partial charge in [0.2, 0.25) is 10.0 Å². The van der Waals surface area contributed by atoms with E-state index in [2.05, 4.69) is 20.0 Å². The molecule has 0 fully saturated rings. The summed E-state index contributed by atoms with van der Waals surface area (Å²) in [6.45, 7) is 1.86. The van der Waals surface area contributed by atoms with E-state index < -0.39 is 28.5 Å². The Morgan fingerprint density at radius 3 is 2.57 bits per heavy atom. The van der Waals surface area contributed by atoms with Crippen molar-refractivity contribution in [2.24, 2.45) is 0 Å². The number of rotatable bonds is 10. The van der Waals surface area contributed by atoms with Crippen LogP contribution in [-0.2, 0) is 14.8 Å². The lowest BCUT2D eigenvalue weighted by atomic mass is 10.3. The fourth-order valence-electron chi connectivity index (χ4n) is 2.04. The molecule has 0 atom stereocenters. The number of nitrogens with one attached hydrogen (secondary N) is 2. The number of carboxylic acids is 1. The Morgan fingerprint density at radius 1 is 1.21 bits per heavy atom. The SMILES string of the molecule is CCCCNS(=O)(=O)c1cccc(NC(=O)COc2ncc(C(=O)O)cn2)c1. The van der Waals surface area contributed by atoms with Crippen LogP contribution in [0.3, 0.4) is 0 Å². The Balaban J connectivity index is 1.94. The third kappa shape index (κ3) is 6.28. The molecule has 2 aromatic rings. The molecule has 0 radical (unpaired) electrons. The van der Waals surface area contributed by atoms with E-state index in [4.69, 9.17) is 9.84 Å². The van der Waals surface area contributed by atoms with Crippen molar-refractivity contribution in [2.45, 2.75) is 24.7 Å². The number of carboxylic acid groups (broad SMARTS) is 1. The second-order valence-corrected chi connectivity index (χ2v) is 7.44. The largest absolute Gasteiger partial charge is 0.478 e. The van der Waals surface area contributed by atoms with Crippen LogP contribution >= 0.6 is 0 Å². The quantitative estimate of drug-likeness (QED) is 0.498. The Kier molecular flexibility index (Phi) is 7.41. The van der Waals surface area contributed by atoms with Crippen molar-refractivity contribution < 1.29 is 27.9 Å². The molecule has 150 valence electrons. The van der Waals surface area contributed by atoms with Gasteiger partial charge in [-0.05, 0) is 24.6 Å². The molecule has 1 aromatic carbocycles. The predicted octanol–water partition coefficient (Wildman–Crippen LogP) is 1.27. The van der Waals surface area contributed by atoms with Gasteiger partial charge in [-0.25, -0.2) is 27.9 Å². The zero-order valence-electron chi connectivity index (χ0n) is 15.1. The fraction of sp³-hybridized carbons (Fsp3) is 0.294. The van der Waals surface area contributed by atoms with Gasteiger partial charge in [-0.2, -0.15) is 0 Å². The molecule has 11 heteroatoms. The number of ether oxygens (including phenoxy) is 1. The molecular weight excluding hydrogens is 388 g/mol. The van der Waals surface area contributed by atoms with Gasteiger partial charge in [0, 0.05) is 24.6 Å². The van der Waals surface area contributed by atoms with Gasteiger partial charge in [-0.15, -0.1) is 0 Å². The van der Waals surface area contributed by atoms with Gasteiger partial charge in [-0.1, -0.05) is 19.4 Å². The first-order valence-corrected chi connectivity index (χ1v) is 9.88. The van der Waals surface area contributed by atoms with Crippen molar-refractivity contribution in [1.29, 1.82) is 0 Å². The maximum Gasteiger partial charge on any atom is 0.338 e. The van der Waals surface area contributed by atoms with Gasteiger partial charge in [0.05, 0.1) is 10.5 Å². The highest BCUT2D eigenvalue weighted by molar-refractivity contribution is 7.89. The summed E-state index contributed by atoms with van der Waals surface area (Å²) in [7, 11) is -3.66. The number of sulfonamides is 1. The lowest BCUT2D eigenvalue weighted by molar-refractivity contribution is -0.118. The smallest absolute Gasteiger partial charge is 0.338 e. The monoisotopic (exact) mass is 408 g/mol. The molecule has 3 N–H and O–H groups in total. The van der Waals surface area contributed by atoms with Gasteiger partial charge >= 0.3 is 12.0 Å². The summed E-state index contributed by atoms with van der Waals surface area (Å²) in [5, 5.41) is 11.3. The van der Waals surface area contributed by atoms with Crippen LogP contribution in [0.15, 0.2) is 41.6 Å². The number of benzene rings is 1. The molecule has 1 amide bonds. The predicted molar refractivity (Wildman–Crippen MR) is 99.7 cm³/mol. The van der Waals surface area contributed by atoms with Crippen molar-refractivity contribution in [3.8, 4) is 6.01 Å². The van der Waals surface area contributed by atoms with Gasteiger partial charge < -0.3 is 15.2 Å². The summed E-state index contributed by atoms with van der Waals surface area (Å²) < 4.78 is 32.0. The van der Waals surface area contributed by atoms with Crippen molar-refractivity contribution in [2.75, 3.05) is 18.5 Å². The maximum absolute atomic E-state index is 12.2. The summed E-state index contributed by atoms with van der Waals surface area (Å²) in [4.78, 5) is 30.1. The average Bonchev–Trinajstić information content (AvgIpc) is 2.67. The Labute approximate surface area is 162 Å². The zero-order valence-corrected chi connectivity index (χ0v) is 15.9. The summed E-state index contributed by atoms with van der Waals surface area (Å²) in [5.41, 5.74) is 0.177. The summed E-state index contributed by atoms with van der Waals surface area (Å²) in [6, 6.07) is 5.67. The number of carbonyl (C=O) groups is 2. The second kappa shape index (κ2) is 9.76. The van der Waals surface area contributed by atoms with Crippen LogP contribution in [0, 0.1) is 0 Å². The van der Waals surface area contributed by atoms with Gasteiger partial charge in [0.25, 0.3) is 5.91 Å². The molecule has 0 unspecified atom stereocenters. The van der Waals surface area contributed by atoms with Gasteiger partial charge in [0.15, 0.2) is 6.61 Å². The van der Waals surface area contributed by atoms with Crippen molar-refractivity contribution in [3.63, 3.8) is 0 Å². The number of carbonyl (C=O) groups excluding carboxylic acids is 1. The summed E-state index contributed by atoms with van der Waals surface area (Å²) >= 11 is 0. The first-order valence-electron chi connectivity index (χ1n) is 8.39. The number of unbranched alkanes of at least 4 members (excludes halogenated alkanes) is 1. The third-order valence-corrected chi connectivity index (χ3v) is 4.92. The minimum Gasteiger partial charge on any atom is -0.478 e. The van der Waals surface area contributed by atoms with Crippen LogP contribution < -0.4 is 14.8 Å². The highest BCUT2D eigenvalue weighted by Gasteiger charge is 2.14. The van der Waals surface area contributed by atoms with E-state index in [1.807, 2.05) is 6.92 Å². The third-order valence-electron chi connectivity index (χ3n) is 3.46. The van der Waals surface area contributed by atoms with Gasteiger partial charge in [-0.3, -0.25) is 4.79 Å². The number of aromatic carboxylic acids is 1. The van der Waals surface area contributed by atoms with E-state index in [0.717, 1.165) is 25.2 Å². The van der Waals surface area contributed by atoms with E-state index in [9.17, 15) is 18.0 Å². The Bertz CT molecular complexity index is 931. The lowest BCUT2D eigenvalue weighted by Gasteiger charge is -2.09. The van der Waals surface area contributed by atoms with Crippen molar-refractivity contribution in [3.05, 3.63) is 42.2 Å². The van der Waals surface area contributed by atoms with E-state index in [0.29, 0.717) is 6.54 Å². The summed E-state index contributed by atoms with van der Waals surface area (Å²) in [6.07, 6.45) is 3.70. The normalized spacial score (nSPS) is 11.0. The van der Waals surface area contributed by atoms with E-state index >= 15 is 0 Å². The number of anilines is 1. The van der Waals surface area contributed by atoms with E-state index in [1.54, 1.807) is 6.07 Å². The number of nitrogens with zero attached hydrogens (tertiary/aromatic N) is 2.